The van der Waals surface area contributed by atoms with Gasteiger partial charge < -0.3 is 10.2 Å². The maximum Gasteiger partial charge on any atom is 0.224 e. The van der Waals surface area contributed by atoms with Crippen molar-refractivity contribution in [3.05, 3.63) is 60.2 Å². The van der Waals surface area contributed by atoms with Crippen LogP contribution in [0.25, 0.3) is 11.1 Å². The molecule has 0 saturated carbocycles. The van der Waals surface area contributed by atoms with Crippen molar-refractivity contribution in [2.24, 2.45) is 11.8 Å². The fourth-order valence-electron chi connectivity index (χ4n) is 4.20. The van der Waals surface area contributed by atoms with Crippen LogP contribution in [0.1, 0.15) is 32.3 Å². The van der Waals surface area contributed by atoms with Crippen LogP contribution < -0.4 is 5.32 Å². The lowest BCUT2D eigenvalue weighted by molar-refractivity contribution is -0.120. The summed E-state index contributed by atoms with van der Waals surface area (Å²) in [6.07, 6.45) is 2.82. The van der Waals surface area contributed by atoms with Crippen LogP contribution in [0.15, 0.2) is 54.6 Å². The first-order valence-corrected chi connectivity index (χ1v) is 10.2. The van der Waals surface area contributed by atoms with Gasteiger partial charge in [-0.25, -0.2) is 0 Å². The fourth-order valence-corrected chi connectivity index (χ4v) is 4.20. The molecule has 0 spiro atoms. The van der Waals surface area contributed by atoms with E-state index in [0.29, 0.717) is 6.42 Å². The number of carbonyl (C=O) groups is 1. The number of amides is 1. The summed E-state index contributed by atoms with van der Waals surface area (Å²) in [4.78, 5) is 14.7. The smallest absolute Gasteiger partial charge is 0.224 e. The number of hydrogen-bond donors (Lipinski definition) is 1. The second-order valence-electron chi connectivity index (χ2n) is 8.15. The van der Waals surface area contributed by atoms with E-state index in [9.17, 15) is 4.79 Å². The molecule has 0 unspecified atom stereocenters. The third kappa shape index (κ3) is 6.21. The lowest BCUT2D eigenvalue weighted by Crippen LogP contribution is -2.40. The van der Waals surface area contributed by atoms with Crippen LogP contribution in [0.3, 0.4) is 0 Å². The summed E-state index contributed by atoms with van der Waals surface area (Å²) >= 11 is 0. The zero-order valence-corrected chi connectivity index (χ0v) is 16.7. The van der Waals surface area contributed by atoms with E-state index < -0.39 is 0 Å². The summed E-state index contributed by atoms with van der Waals surface area (Å²) in [5.41, 5.74) is 3.45. The number of hydrogen-bond acceptors (Lipinski definition) is 2. The standard InChI is InChI=1S/C24H32N2O/c1-19-15-20(2)18-26(17-19)14-6-13-25-24(27)16-21-9-11-23(12-10-21)22-7-4-3-5-8-22/h3-5,7-12,19-20H,6,13-18H2,1-2H3,(H,25,27)/t19-,20+. The molecule has 1 heterocycles. The zero-order chi connectivity index (χ0) is 19.1. The Kier molecular flexibility index (Phi) is 7.05. The quantitative estimate of drug-likeness (QED) is 0.740. The molecule has 0 bridgehead atoms. The molecule has 1 aliphatic heterocycles. The highest BCUT2D eigenvalue weighted by Gasteiger charge is 2.21. The molecular weight excluding hydrogens is 332 g/mol. The van der Waals surface area contributed by atoms with Crippen LogP contribution in [0.4, 0.5) is 0 Å². The van der Waals surface area contributed by atoms with Gasteiger partial charge in [0.15, 0.2) is 0 Å². The molecule has 3 heteroatoms. The Hall–Kier alpha value is -2.13. The van der Waals surface area contributed by atoms with E-state index in [2.05, 4.69) is 60.5 Å². The van der Waals surface area contributed by atoms with Crippen molar-refractivity contribution in [2.75, 3.05) is 26.2 Å². The summed E-state index contributed by atoms with van der Waals surface area (Å²) in [6, 6.07) is 18.6. The SMILES string of the molecule is C[C@@H]1C[C@H](C)CN(CCCNC(=O)Cc2ccc(-c3ccccc3)cc2)C1. The first kappa shape index (κ1) is 19.6. The van der Waals surface area contributed by atoms with Crippen molar-refractivity contribution in [3.8, 4) is 11.1 Å². The number of rotatable bonds is 7. The van der Waals surface area contributed by atoms with Crippen LogP contribution in [0.5, 0.6) is 0 Å². The Bertz CT molecular complexity index is 701. The first-order valence-electron chi connectivity index (χ1n) is 10.2. The zero-order valence-electron chi connectivity index (χ0n) is 16.7. The van der Waals surface area contributed by atoms with Crippen LogP contribution in [0, 0.1) is 11.8 Å². The molecule has 144 valence electrons. The minimum absolute atomic E-state index is 0.114. The summed E-state index contributed by atoms with van der Waals surface area (Å²) in [5.74, 6) is 1.70. The third-order valence-corrected chi connectivity index (χ3v) is 5.34. The normalized spacial score (nSPS) is 20.4. The lowest BCUT2D eigenvalue weighted by Gasteiger charge is -2.34. The van der Waals surface area contributed by atoms with Crippen molar-refractivity contribution in [1.82, 2.24) is 10.2 Å². The van der Waals surface area contributed by atoms with Crippen molar-refractivity contribution in [2.45, 2.75) is 33.1 Å². The number of piperidine rings is 1. The Morgan fingerprint density at radius 2 is 1.59 bits per heavy atom. The Balaban J connectivity index is 1.38. The summed E-state index contributed by atoms with van der Waals surface area (Å²) in [6.45, 7) is 8.93. The van der Waals surface area contributed by atoms with Crippen molar-refractivity contribution in [1.29, 1.82) is 0 Å². The highest BCUT2D eigenvalue weighted by molar-refractivity contribution is 5.78. The van der Waals surface area contributed by atoms with Gasteiger partial charge in [0.05, 0.1) is 6.42 Å². The van der Waals surface area contributed by atoms with E-state index >= 15 is 0 Å². The average molecular weight is 365 g/mol. The maximum absolute atomic E-state index is 12.2. The van der Waals surface area contributed by atoms with Crippen molar-refractivity contribution < 1.29 is 4.79 Å². The Morgan fingerprint density at radius 3 is 2.26 bits per heavy atom. The number of carbonyl (C=O) groups excluding carboxylic acids is 1. The number of nitrogens with zero attached hydrogens (tertiary/aromatic N) is 1. The highest BCUT2D eigenvalue weighted by Crippen LogP contribution is 2.21. The van der Waals surface area contributed by atoms with Gasteiger partial charge in [0.1, 0.15) is 0 Å². The number of benzene rings is 2. The largest absolute Gasteiger partial charge is 0.356 e. The van der Waals surface area contributed by atoms with Gasteiger partial charge in [0, 0.05) is 19.6 Å². The van der Waals surface area contributed by atoms with E-state index in [0.717, 1.165) is 36.9 Å². The molecule has 2 aromatic carbocycles. The Morgan fingerprint density at radius 1 is 0.963 bits per heavy atom. The van der Waals surface area contributed by atoms with Gasteiger partial charge in [-0.1, -0.05) is 68.4 Å². The van der Waals surface area contributed by atoms with Gasteiger partial charge in [0.2, 0.25) is 5.91 Å². The maximum atomic E-state index is 12.2. The molecule has 27 heavy (non-hydrogen) atoms. The second kappa shape index (κ2) is 9.70. The molecule has 1 saturated heterocycles. The van der Waals surface area contributed by atoms with Crippen molar-refractivity contribution in [3.63, 3.8) is 0 Å². The van der Waals surface area contributed by atoms with Gasteiger partial charge in [-0.2, -0.15) is 0 Å². The molecule has 3 rings (SSSR count). The average Bonchev–Trinajstić information content (AvgIpc) is 2.66. The lowest BCUT2D eigenvalue weighted by atomic mass is 9.92. The Labute approximate surface area is 163 Å². The fraction of sp³-hybridized carbons (Fsp3) is 0.458. The van der Waals surface area contributed by atoms with E-state index in [4.69, 9.17) is 0 Å². The minimum Gasteiger partial charge on any atom is -0.356 e. The van der Waals surface area contributed by atoms with E-state index in [1.165, 1.54) is 30.6 Å². The summed E-state index contributed by atoms with van der Waals surface area (Å²) < 4.78 is 0. The van der Waals surface area contributed by atoms with Crippen LogP contribution in [0.2, 0.25) is 0 Å². The molecule has 1 N–H and O–H groups in total. The summed E-state index contributed by atoms with van der Waals surface area (Å²) in [7, 11) is 0. The van der Waals surface area contributed by atoms with Gasteiger partial charge in [-0.05, 0) is 47.9 Å². The van der Waals surface area contributed by atoms with Gasteiger partial charge in [-0.3, -0.25) is 4.79 Å². The predicted octanol–water partition coefficient (Wildman–Crippen LogP) is 4.38. The van der Waals surface area contributed by atoms with E-state index in [1.54, 1.807) is 0 Å². The van der Waals surface area contributed by atoms with Gasteiger partial charge in [-0.15, -0.1) is 0 Å². The topological polar surface area (TPSA) is 32.3 Å². The van der Waals surface area contributed by atoms with E-state index in [1.807, 2.05) is 18.2 Å². The number of likely N-dealkylation sites (tertiary alicyclic amines) is 1. The van der Waals surface area contributed by atoms with Gasteiger partial charge in [0.25, 0.3) is 0 Å². The molecule has 0 radical (unpaired) electrons. The molecule has 0 aromatic heterocycles. The molecule has 2 aromatic rings. The molecule has 3 nitrogen and oxygen atoms in total. The molecule has 1 aliphatic rings. The minimum atomic E-state index is 0.114. The van der Waals surface area contributed by atoms with Crippen molar-refractivity contribution >= 4 is 5.91 Å². The molecule has 1 fully saturated rings. The third-order valence-electron chi connectivity index (χ3n) is 5.34. The summed E-state index contributed by atoms with van der Waals surface area (Å²) in [5, 5.41) is 3.07. The highest BCUT2D eigenvalue weighted by atomic mass is 16.1. The molecule has 1 amide bonds. The van der Waals surface area contributed by atoms with Gasteiger partial charge >= 0.3 is 0 Å². The van der Waals surface area contributed by atoms with E-state index in [-0.39, 0.29) is 5.91 Å². The van der Waals surface area contributed by atoms with Crippen LogP contribution in [-0.4, -0.2) is 37.0 Å². The number of nitrogens with one attached hydrogen (secondary N) is 1. The monoisotopic (exact) mass is 364 g/mol. The molecule has 2 atom stereocenters. The van der Waals surface area contributed by atoms with Crippen LogP contribution in [-0.2, 0) is 11.2 Å². The molecule has 0 aliphatic carbocycles. The second-order valence-corrected chi connectivity index (χ2v) is 8.15. The first-order chi connectivity index (χ1) is 13.1. The predicted molar refractivity (Wildman–Crippen MR) is 113 cm³/mol. The molecular formula is C24H32N2O. The van der Waals surface area contributed by atoms with Crippen LogP contribution >= 0.6 is 0 Å².